The molecule has 0 aliphatic heterocycles. The average Bonchev–Trinajstić information content (AvgIpc) is 3.11. The number of nitrogens with zero attached hydrogens (tertiary/aromatic N) is 2. The SMILES string of the molecule is CC1CCc2c(sc3ncnc(NCc4ccco4)c23)C1. The molecule has 3 aromatic heterocycles. The van der Waals surface area contributed by atoms with Crippen molar-refractivity contribution in [2.45, 2.75) is 32.7 Å². The van der Waals surface area contributed by atoms with Crippen molar-refractivity contribution >= 4 is 27.4 Å². The quantitative estimate of drug-likeness (QED) is 0.793. The molecule has 4 nitrogen and oxygen atoms in total. The van der Waals surface area contributed by atoms with Crippen molar-refractivity contribution in [3.05, 3.63) is 40.9 Å². The molecule has 4 rings (SSSR count). The third kappa shape index (κ3) is 2.31. The highest BCUT2D eigenvalue weighted by Gasteiger charge is 2.22. The summed E-state index contributed by atoms with van der Waals surface area (Å²) in [5, 5.41) is 4.62. The van der Waals surface area contributed by atoms with E-state index in [1.165, 1.54) is 28.7 Å². The molecule has 0 bridgehead atoms. The van der Waals surface area contributed by atoms with Gasteiger partial charge in [-0.25, -0.2) is 9.97 Å². The van der Waals surface area contributed by atoms with E-state index in [0.717, 1.165) is 28.7 Å². The predicted octanol–water partition coefficient (Wildman–Crippen LogP) is 4.02. The van der Waals surface area contributed by atoms with Gasteiger partial charge in [0.1, 0.15) is 22.7 Å². The van der Waals surface area contributed by atoms with E-state index in [-0.39, 0.29) is 0 Å². The first-order valence-electron chi connectivity index (χ1n) is 7.33. The molecule has 21 heavy (non-hydrogen) atoms. The molecule has 1 aliphatic carbocycles. The van der Waals surface area contributed by atoms with Crippen LogP contribution < -0.4 is 5.32 Å². The van der Waals surface area contributed by atoms with Gasteiger partial charge in [0.05, 0.1) is 18.2 Å². The first kappa shape index (κ1) is 12.8. The number of nitrogens with one attached hydrogen (secondary N) is 1. The van der Waals surface area contributed by atoms with Gasteiger partial charge in [-0.1, -0.05) is 6.92 Å². The molecule has 108 valence electrons. The van der Waals surface area contributed by atoms with E-state index in [9.17, 15) is 0 Å². The number of hydrogen-bond donors (Lipinski definition) is 1. The Bertz CT molecular complexity index is 763. The summed E-state index contributed by atoms with van der Waals surface area (Å²) in [7, 11) is 0. The van der Waals surface area contributed by atoms with Crippen LogP contribution >= 0.6 is 11.3 Å². The smallest absolute Gasteiger partial charge is 0.138 e. The lowest BCUT2D eigenvalue weighted by molar-refractivity contribution is 0.509. The van der Waals surface area contributed by atoms with Gasteiger partial charge in [0.2, 0.25) is 0 Å². The zero-order valence-electron chi connectivity index (χ0n) is 11.9. The molecule has 1 atom stereocenters. The fourth-order valence-electron chi connectivity index (χ4n) is 2.99. The second-order valence-corrected chi connectivity index (χ2v) is 6.77. The van der Waals surface area contributed by atoms with Crippen LogP contribution in [-0.2, 0) is 19.4 Å². The van der Waals surface area contributed by atoms with Crippen molar-refractivity contribution in [2.24, 2.45) is 5.92 Å². The lowest BCUT2D eigenvalue weighted by atomic mass is 9.89. The van der Waals surface area contributed by atoms with E-state index >= 15 is 0 Å². The molecular formula is C16H17N3OS. The van der Waals surface area contributed by atoms with Crippen LogP contribution in [0.3, 0.4) is 0 Å². The Balaban J connectivity index is 1.72. The van der Waals surface area contributed by atoms with E-state index in [2.05, 4.69) is 22.2 Å². The molecule has 0 amide bonds. The van der Waals surface area contributed by atoms with Gasteiger partial charge in [0.25, 0.3) is 0 Å². The number of aryl methyl sites for hydroxylation is 1. The highest BCUT2D eigenvalue weighted by atomic mass is 32.1. The van der Waals surface area contributed by atoms with Crippen LogP contribution in [0.2, 0.25) is 0 Å². The Morgan fingerprint density at radius 3 is 3.24 bits per heavy atom. The molecule has 0 saturated carbocycles. The van der Waals surface area contributed by atoms with Gasteiger partial charge in [-0.05, 0) is 42.9 Å². The number of hydrogen-bond acceptors (Lipinski definition) is 5. The van der Waals surface area contributed by atoms with Crippen molar-refractivity contribution in [2.75, 3.05) is 5.32 Å². The number of fused-ring (bicyclic) bond motifs is 3. The van der Waals surface area contributed by atoms with E-state index < -0.39 is 0 Å². The summed E-state index contributed by atoms with van der Waals surface area (Å²) in [4.78, 5) is 11.5. The van der Waals surface area contributed by atoms with Crippen LogP contribution in [0.25, 0.3) is 10.2 Å². The Kier molecular flexibility index (Phi) is 3.15. The predicted molar refractivity (Wildman–Crippen MR) is 84.6 cm³/mol. The Morgan fingerprint density at radius 1 is 1.43 bits per heavy atom. The van der Waals surface area contributed by atoms with E-state index in [1.807, 2.05) is 23.5 Å². The van der Waals surface area contributed by atoms with Crippen LogP contribution in [0, 0.1) is 5.92 Å². The average molecular weight is 299 g/mol. The molecule has 3 heterocycles. The maximum Gasteiger partial charge on any atom is 0.138 e. The zero-order valence-corrected chi connectivity index (χ0v) is 12.7. The van der Waals surface area contributed by atoms with Gasteiger partial charge in [0, 0.05) is 4.88 Å². The summed E-state index contributed by atoms with van der Waals surface area (Å²) in [5.74, 6) is 2.63. The molecule has 0 aromatic carbocycles. The Morgan fingerprint density at radius 2 is 2.38 bits per heavy atom. The molecule has 0 radical (unpaired) electrons. The zero-order chi connectivity index (χ0) is 14.2. The van der Waals surface area contributed by atoms with Crippen molar-refractivity contribution in [1.29, 1.82) is 0 Å². The van der Waals surface area contributed by atoms with Crippen molar-refractivity contribution in [1.82, 2.24) is 9.97 Å². The molecule has 1 unspecified atom stereocenters. The first-order chi connectivity index (χ1) is 10.3. The maximum atomic E-state index is 5.37. The third-order valence-electron chi connectivity index (χ3n) is 4.10. The van der Waals surface area contributed by atoms with Crippen LogP contribution in [0.1, 0.15) is 29.5 Å². The second kappa shape index (κ2) is 5.15. The minimum Gasteiger partial charge on any atom is -0.467 e. The largest absolute Gasteiger partial charge is 0.467 e. The number of thiophene rings is 1. The van der Waals surface area contributed by atoms with Crippen LogP contribution in [0.15, 0.2) is 29.1 Å². The molecular weight excluding hydrogens is 282 g/mol. The monoisotopic (exact) mass is 299 g/mol. The van der Waals surface area contributed by atoms with Gasteiger partial charge in [0.15, 0.2) is 0 Å². The summed E-state index contributed by atoms with van der Waals surface area (Å²) in [5.41, 5.74) is 1.45. The van der Waals surface area contributed by atoms with E-state index in [1.54, 1.807) is 12.6 Å². The Labute approximate surface area is 127 Å². The molecule has 1 aliphatic rings. The summed E-state index contributed by atoms with van der Waals surface area (Å²) >= 11 is 1.83. The molecule has 5 heteroatoms. The summed E-state index contributed by atoms with van der Waals surface area (Å²) in [6.07, 6.45) is 6.91. The topological polar surface area (TPSA) is 51.0 Å². The fourth-order valence-corrected chi connectivity index (χ4v) is 4.34. The summed E-state index contributed by atoms with van der Waals surface area (Å²) in [6, 6.07) is 3.87. The minimum atomic E-state index is 0.653. The molecule has 0 spiro atoms. The summed E-state index contributed by atoms with van der Waals surface area (Å²) in [6.45, 7) is 2.98. The van der Waals surface area contributed by atoms with E-state index in [4.69, 9.17) is 4.42 Å². The minimum absolute atomic E-state index is 0.653. The van der Waals surface area contributed by atoms with Crippen LogP contribution in [0.5, 0.6) is 0 Å². The van der Waals surface area contributed by atoms with Crippen molar-refractivity contribution in [3.63, 3.8) is 0 Å². The lowest BCUT2D eigenvalue weighted by Crippen LogP contribution is -2.09. The van der Waals surface area contributed by atoms with Gasteiger partial charge in [-0.3, -0.25) is 0 Å². The van der Waals surface area contributed by atoms with Gasteiger partial charge in [-0.15, -0.1) is 11.3 Å². The third-order valence-corrected chi connectivity index (χ3v) is 5.26. The molecule has 0 saturated heterocycles. The molecule has 3 aromatic rings. The second-order valence-electron chi connectivity index (χ2n) is 5.69. The summed E-state index contributed by atoms with van der Waals surface area (Å²) < 4.78 is 5.37. The molecule has 1 N–H and O–H groups in total. The fraction of sp³-hybridized carbons (Fsp3) is 0.375. The maximum absolute atomic E-state index is 5.37. The Hall–Kier alpha value is -1.88. The highest BCUT2D eigenvalue weighted by Crippen LogP contribution is 2.39. The van der Waals surface area contributed by atoms with Gasteiger partial charge < -0.3 is 9.73 Å². The molecule has 0 fully saturated rings. The first-order valence-corrected chi connectivity index (χ1v) is 8.14. The van der Waals surface area contributed by atoms with Gasteiger partial charge in [-0.2, -0.15) is 0 Å². The van der Waals surface area contributed by atoms with Crippen LogP contribution in [-0.4, -0.2) is 9.97 Å². The van der Waals surface area contributed by atoms with Crippen LogP contribution in [0.4, 0.5) is 5.82 Å². The normalized spacial score (nSPS) is 17.9. The number of anilines is 1. The number of rotatable bonds is 3. The van der Waals surface area contributed by atoms with E-state index in [0.29, 0.717) is 6.54 Å². The number of furan rings is 1. The standard InChI is InChI=1S/C16H17N3OS/c1-10-4-5-12-13(7-10)21-16-14(12)15(18-9-19-16)17-8-11-3-2-6-20-11/h2-3,6,9-10H,4-5,7-8H2,1H3,(H,17,18,19). The highest BCUT2D eigenvalue weighted by molar-refractivity contribution is 7.19. The van der Waals surface area contributed by atoms with Gasteiger partial charge >= 0.3 is 0 Å². The van der Waals surface area contributed by atoms with Crippen molar-refractivity contribution < 1.29 is 4.42 Å². The number of aromatic nitrogens is 2. The lowest BCUT2D eigenvalue weighted by Gasteiger charge is -2.18. The van der Waals surface area contributed by atoms with Crippen molar-refractivity contribution in [3.8, 4) is 0 Å².